The van der Waals surface area contributed by atoms with Gasteiger partial charge in [-0.3, -0.25) is 0 Å². The minimum atomic E-state index is 0.635. The summed E-state index contributed by atoms with van der Waals surface area (Å²) in [5.74, 6) is 0. The maximum atomic E-state index is 9.05. The van der Waals surface area contributed by atoms with Crippen LogP contribution in [0.1, 0.15) is 36.5 Å². The van der Waals surface area contributed by atoms with Crippen LogP contribution in [0.25, 0.3) is 35.7 Å². The Labute approximate surface area is 187 Å². The van der Waals surface area contributed by atoms with E-state index in [1.807, 2.05) is 67.6 Å². The van der Waals surface area contributed by atoms with Gasteiger partial charge in [0.05, 0.1) is 11.4 Å². The molecule has 4 aromatic heterocycles. The summed E-state index contributed by atoms with van der Waals surface area (Å²) < 4.78 is 0. The Hall–Kier alpha value is -3.98. The van der Waals surface area contributed by atoms with Gasteiger partial charge in [0.2, 0.25) is 0 Å². The second-order valence-corrected chi connectivity index (χ2v) is 8.64. The molecule has 0 atom stereocenters. The molecule has 4 aromatic rings. The number of nitrogens with zero attached hydrogens (tertiary/aromatic N) is 6. The number of hydrogen-bond donors (Lipinski definition) is 0. The third kappa shape index (κ3) is 4.96. The summed E-state index contributed by atoms with van der Waals surface area (Å²) in [6, 6.07) is 17.4. The van der Waals surface area contributed by atoms with Gasteiger partial charge < -0.3 is 0 Å². The van der Waals surface area contributed by atoms with Crippen LogP contribution in [-0.2, 0) is 0 Å². The van der Waals surface area contributed by atoms with E-state index in [0.29, 0.717) is 27.7 Å². The lowest BCUT2D eigenvalue weighted by atomic mass is 10.2. The number of thiophene rings is 2. The topological polar surface area (TPSA) is 99.1 Å². The predicted molar refractivity (Wildman–Crippen MR) is 124 cm³/mol. The fraction of sp³-hybridized carbons (Fsp3) is 0.0435. The van der Waals surface area contributed by atoms with E-state index in [-0.39, 0.29) is 0 Å². The first-order valence-electron chi connectivity index (χ1n) is 9.19. The molecule has 0 saturated heterocycles. The van der Waals surface area contributed by atoms with E-state index in [1.54, 1.807) is 6.07 Å². The van der Waals surface area contributed by atoms with Gasteiger partial charge in [0.1, 0.15) is 33.3 Å². The molecule has 148 valence electrons. The molecule has 4 rings (SSSR count). The highest BCUT2D eigenvalue weighted by molar-refractivity contribution is 7.13. The van der Waals surface area contributed by atoms with E-state index >= 15 is 0 Å². The highest BCUT2D eigenvalue weighted by Crippen LogP contribution is 2.23. The van der Waals surface area contributed by atoms with Crippen LogP contribution in [0.15, 0.2) is 42.5 Å². The molecule has 0 unspecified atom stereocenters. The van der Waals surface area contributed by atoms with Gasteiger partial charge in [-0.05, 0) is 79.3 Å². The number of aromatic nitrogens is 4. The molecular weight excluding hydrogens is 424 g/mol. The summed E-state index contributed by atoms with van der Waals surface area (Å²) in [6.45, 7) is 1.93. The third-order valence-corrected chi connectivity index (χ3v) is 6.31. The zero-order valence-corrected chi connectivity index (χ0v) is 18.0. The van der Waals surface area contributed by atoms with Crippen LogP contribution in [0, 0.1) is 29.6 Å². The lowest BCUT2D eigenvalue weighted by molar-refractivity contribution is 0.977. The molecule has 0 aliphatic carbocycles. The van der Waals surface area contributed by atoms with Crippen LogP contribution >= 0.6 is 22.7 Å². The van der Waals surface area contributed by atoms with Crippen molar-refractivity contribution in [1.82, 2.24) is 20.4 Å². The largest absolute Gasteiger partial charge is 0.192 e. The molecule has 0 fully saturated rings. The van der Waals surface area contributed by atoms with Crippen LogP contribution in [0.3, 0.4) is 0 Å². The number of rotatable bonds is 5. The Morgan fingerprint density at radius 3 is 1.84 bits per heavy atom. The Kier molecular flexibility index (Phi) is 6.04. The summed E-state index contributed by atoms with van der Waals surface area (Å²) in [5, 5.41) is 34.8. The summed E-state index contributed by atoms with van der Waals surface area (Å²) in [4.78, 5) is 3.38. The lowest BCUT2D eigenvalue weighted by Crippen LogP contribution is -1.94. The van der Waals surface area contributed by atoms with E-state index < -0.39 is 0 Å². The quantitative estimate of drug-likeness (QED) is 0.411. The van der Waals surface area contributed by atoms with Crippen LogP contribution < -0.4 is 0 Å². The molecular formula is C23H14N6S2. The first-order valence-corrected chi connectivity index (χ1v) is 10.8. The van der Waals surface area contributed by atoms with Crippen LogP contribution in [0.5, 0.6) is 0 Å². The first-order chi connectivity index (χ1) is 15.1. The molecule has 8 heteroatoms. The van der Waals surface area contributed by atoms with Gasteiger partial charge in [-0.2, -0.15) is 20.7 Å². The number of hydrogen-bond acceptors (Lipinski definition) is 8. The number of nitriles is 2. The van der Waals surface area contributed by atoms with Gasteiger partial charge in [-0.15, -0.1) is 32.9 Å². The van der Waals surface area contributed by atoms with Gasteiger partial charge >= 0.3 is 0 Å². The highest BCUT2D eigenvalue weighted by Gasteiger charge is 2.04. The molecule has 0 bridgehead atoms. The van der Waals surface area contributed by atoms with Crippen molar-refractivity contribution in [3.63, 3.8) is 0 Å². The molecule has 0 spiro atoms. The van der Waals surface area contributed by atoms with Gasteiger partial charge in [0.15, 0.2) is 0 Å². The van der Waals surface area contributed by atoms with Crippen molar-refractivity contribution in [2.24, 2.45) is 0 Å². The Morgan fingerprint density at radius 2 is 1.35 bits per heavy atom. The van der Waals surface area contributed by atoms with Crippen molar-refractivity contribution in [3.05, 3.63) is 78.9 Å². The van der Waals surface area contributed by atoms with Gasteiger partial charge in [-0.25, -0.2) is 0 Å². The molecule has 0 amide bonds. The fourth-order valence-electron chi connectivity index (χ4n) is 2.67. The molecule has 0 N–H and O–H groups in total. The normalized spacial score (nSPS) is 11.1. The molecule has 31 heavy (non-hydrogen) atoms. The maximum Gasteiger partial charge on any atom is 0.113 e. The predicted octanol–water partition coefficient (Wildman–Crippen LogP) is 5.45. The monoisotopic (exact) mass is 438 g/mol. The summed E-state index contributed by atoms with van der Waals surface area (Å²) >= 11 is 2.88. The highest BCUT2D eigenvalue weighted by atomic mass is 32.1. The van der Waals surface area contributed by atoms with Crippen molar-refractivity contribution in [3.8, 4) is 23.5 Å². The number of aryl methyl sites for hydroxylation is 1. The lowest BCUT2D eigenvalue weighted by Gasteiger charge is -1.99. The van der Waals surface area contributed by atoms with Crippen LogP contribution in [0.4, 0.5) is 0 Å². The maximum absolute atomic E-state index is 9.05. The van der Waals surface area contributed by atoms with Crippen LogP contribution in [0.2, 0.25) is 0 Å². The zero-order valence-electron chi connectivity index (χ0n) is 16.4. The van der Waals surface area contributed by atoms with Crippen molar-refractivity contribution >= 4 is 47.0 Å². The van der Waals surface area contributed by atoms with Gasteiger partial charge in [-0.1, -0.05) is 0 Å². The molecule has 0 radical (unpaired) electrons. The first kappa shape index (κ1) is 20.3. The molecule has 4 heterocycles. The summed E-state index contributed by atoms with van der Waals surface area (Å²) in [7, 11) is 0. The summed E-state index contributed by atoms with van der Waals surface area (Å²) in [5.41, 5.74) is 3.68. The van der Waals surface area contributed by atoms with E-state index in [2.05, 4.69) is 32.5 Å². The van der Waals surface area contributed by atoms with Crippen molar-refractivity contribution in [1.29, 1.82) is 10.5 Å². The fourth-order valence-corrected chi connectivity index (χ4v) is 4.25. The van der Waals surface area contributed by atoms with Crippen molar-refractivity contribution in [2.75, 3.05) is 0 Å². The standard InChI is InChI=1S/C23H14N6S2/c1-15-12-19(31-23(15)14-25)7-3-17-5-11-22(29-27-17)21-10-4-16(26-28-21)2-6-18-8-9-20(13-24)30-18/h2-12H,1H3. The Bertz CT molecular complexity index is 1350. The zero-order chi connectivity index (χ0) is 21.6. The van der Waals surface area contributed by atoms with Crippen LogP contribution in [-0.4, -0.2) is 20.4 Å². The second-order valence-electron chi connectivity index (χ2n) is 6.44. The van der Waals surface area contributed by atoms with Crippen molar-refractivity contribution in [2.45, 2.75) is 6.92 Å². The molecule has 0 aromatic carbocycles. The average molecular weight is 439 g/mol. The van der Waals surface area contributed by atoms with Crippen molar-refractivity contribution < 1.29 is 0 Å². The third-order valence-electron chi connectivity index (χ3n) is 4.24. The van der Waals surface area contributed by atoms with Gasteiger partial charge in [0.25, 0.3) is 0 Å². The minimum Gasteiger partial charge on any atom is -0.192 e. The van der Waals surface area contributed by atoms with E-state index in [0.717, 1.165) is 20.2 Å². The molecule has 0 aliphatic rings. The molecule has 0 saturated carbocycles. The second kappa shape index (κ2) is 9.23. The molecule has 0 aliphatic heterocycles. The van der Waals surface area contributed by atoms with Gasteiger partial charge in [0, 0.05) is 9.75 Å². The molecule has 6 nitrogen and oxygen atoms in total. The summed E-state index contributed by atoms with van der Waals surface area (Å²) in [6.07, 6.45) is 7.56. The smallest absolute Gasteiger partial charge is 0.113 e. The minimum absolute atomic E-state index is 0.635. The van der Waals surface area contributed by atoms with E-state index in [4.69, 9.17) is 10.5 Å². The van der Waals surface area contributed by atoms with E-state index in [9.17, 15) is 0 Å². The van der Waals surface area contributed by atoms with E-state index in [1.165, 1.54) is 22.7 Å². The SMILES string of the molecule is Cc1cc(C=Cc2ccc(-c3ccc(C=Cc4ccc(C#N)s4)nn3)nn2)sc1C#N. The Morgan fingerprint density at radius 1 is 0.710 bits per heavy atom. The average Bonchev–Trinajstić information content (AvgIpc) is 3.42. The Balaban J connectivity index is 1.43.